The highest BCUT2D eigenvalue weighted by Crippen LogP contribution is 2.40. The first kappa shape index (κ1) is 18.2. The van der Waals surface area contributed by atoms with Crippen molar-refractivity contribution in [2.24, 2.45) is 22.2 Å². The van der Waals surface area contributed by atoms with E-state index in [0.717, 1.165) is 10.8 Å². The van der Waals surface area contributed by atoms with E-state index in [1.54, 1.807) is 18.2 Å². The molecule has 3 aromatic rings. The van der Waals surface area contributed by atoms with E-state index in [0.29, 0.717) is 22.4 Å². The van der Waals surface area contributed by atoms with Crippen molar-refractivity contribution < 1.29 is 9.90 Å². The number of nitrogens with two attached hydrogens (primary N) is 3. The zero-order chi connectivity index (χ0) is 19.7. The van der Waals surface area contributed by atoms with Gasteiger partial charge in [0, 0.05) is 11.1 Å². The van der Waals surface area contributed by atoms with E-state index < -0.39 is 5.97 Å². The Labute approximate surface area is 159 Å². The van der Waals surface area contributed by atoms with E-state index in [4.69, 9.17) is 34.2 Å². The fourth-order valence-corrected chi connectivity index (χ4v) is 3.16. The predicted octanol–water partition coefficient (Wildman–Crippen LogP) is 3.05. The summed E-state index contributed by atoms with van der Waals surface area (Å²) in [6.45, 7) is 0. The van der Waals surface area contributed by atoms with Crippen LogP contribution in [0.5, 0.6) is 0 Å². The number of benzene rings is 3. The molecule has 0 heterocycles. The molecule has 0 amide bonds. The number of nitrogen functional groups attached to an aromatic ring is 1. The van der Waals surface area contributed by atoms with Gasteiger partial charge in [0.2, 0.25) is 0 Å². The zero-order valence-corrected chi connectivity index (χ0v) is 14.8. The van der Waals surface area contributed by atoms with Gasteiger partial charge in [-0.2, -0.15) is 0 Å². The first-order valence-electron chi connectivity index (χ1n) is 7.82. The number of nitrogens with one attached hydrogen (secondary N) is 1. The summed E-state index contributed by atoms with van der Waals surface area (Å²) in [7, 11) is 0. The number of amidine groups is 1. The fourth-order valence-electron chi connectivity index (χ4n) is 2.81. The molecule has 0 spiro atoms. The maximum Gasteiger partial charge on any atom is 0.337 e. The molecule has 0 saturated heterocycles. The zero-order valence-electron chi connectivity index (χ0n) is 14.0. The Balaban J connectivity index is 2.26. The van der Waals surface area contributed by atoms with Gasteiger partial charge in [-0.15, -0.1) is 0 Å². The number of hydrogen-bond donors (Lipinski definition) is 5. The van der Waals surface area contributed by atoms with E-state index in [2.05, 4.69) is 4.99 Å². The Bertz CT molecular complexity index is 1120. The minimum Gasteiger partial charge on any atom is -0.478 e. The van der Waals surface area contributed by atoms with Crippen LogP contribution in [0, 0.1) is 5.41 Å². The van der Waals surface area contributed by atoms with E-state index >= 15 is 0 Å². The Morgan fingerprint density at radius 2 is 1.67 bits per heavy atom. The summed E-state index contributed by atoms with van der Waals surface area (Å²) in [6.07, 6.45) is 0. The molecule has 8 heteroatoms. The topological polar surface area (TPSA) is 152 Å². The molecular weight excluding hydrogens is 366 g/mol. The minimum atomic E-state index is -1.15. The number of carboxylic acid groups (broad SMARTS) is 1. The predicted molar refractivity (Wildman–Crippen MR) is 108 cm³/mol. The monoisotopic (exact) mass is 381 g/mol. The van der Waals surface area contributed by atoms with Crippen molar-refractivity contribution in [3.63, 3.8) is 0 Å². The highest BCUT2D eigenvalue weighted by molar-refractivity contribution is 6.37. The normalized spacial score (nSPS) is 10.6. The molecule has 27 heavy (non-hydrogen) atoms. The summed E-state index contributed by atoms with van der Waals surface area (Å²) >= 11 is 6.37. The SMILES string of the molecule is N=C(N)c1ccc2cc(-c3c(N=C(N)N)ccc(C(=O)O)c3Cl)ccc2c1. The lowest BCUT2D eigenvalue weighted by atomic mass is 9.97. The average Bonchev–Trinajstić information content (AvgIpc) is 2.60. The Morgan fingerprint density at radius 3 is 2.30 bits per heavy atom. The van der Waals surface area contributed by atoms with Crippen molar-refractivity contribution >= 4 is 45.8 Å². The lowest BCUT2D eigenvalue weighted by Crippen LogP contribution is -2.22. The maximum absolute atomic E-state index is 11.5. The number of nitrogens with zero attached hydrogens (tertiary/aromatic N) is 1. The maximum atomic E-state index is 11.5. The van der Waals surface area contributed by atoms with Crippen LogP contribution in [0.1, 0.15) is 15.9 Å². The molecule has 7 nitrogen and oxygen atoms in total. The van der Waals surface area contributed by atoms with Gasteiger partial charge in [-0.3, -0.25) is 5.41 Å². The largest absolute Gasteiger partial charge is 0.478 e. The summed E-state index contributed by atoms with van der Waals surface area (Å²) in [5.74, 6) is -1.33. The number of guanidine groups is 1. The Hall–Kier alpha value is -3.58. The van der Waals surface area contributed by atoms with Crippen molar-refractivity contribution in [3.05, 3.63) is 64.7 Å². The first-order valence-corrected chi connectivity index (χ1v) is 8.19. The second-order valence-corrected chi connectivity index (χ2v) is 6.23. The van der Waals surface area contributed by atoms with Gasteiger partial charge >= 0.3 is 5.97 Å². The first-order chi connectivity index (χ1) is 12.8. The number of aliphatic imine (C=N–C) groups is 1. The molecule has 0 bridgehead atoms. The molecule has 0 atom stereocenters. The van der Waals surface area contributed by atoms with Gasteiger partial charge < -0.3 is 22.3 Å². The van der Waals surface area contributed by atoms with Crippen LogP contribution in [0.15, 0.2) is 53.5 Å². The van der Waals surface area contributed by atoms with Gasteiger partial charge in [0.05, 0.1) is 16.3 Å². The van der Waals surface area contributed by atoms with Crippen LogP contribution in [-0.2, 0) is 0 Å². The van der Waals surface area contributed by atoms with Gasteiger partial charge in [0.15, 0.2) is 5.96 Å². The lowest BCUT2D eigenvalue weighted by Gasteiger charge is -2.12. The number of rotatable bonds is 4. The molecule has 3 rings (SSSR count). The summed E-state index contributed by atoms with van der Waals surface area (Å²) in [6, 6.07) is 13.7. The van der Waals surface area contributed by atoms with Crippen molar-refractivity contribution in [1.29, 1.82) is 5.41 Å². The van der Waals surface area contributed by atoms with Crippen LogP contribution in [0.3, 0.4) is 0 Å². The second-order valence-electron chi connectivity index (χ2n) is 5.85. The number of carboxylic acids is 1. The standard InChI is InChI=1S/C19H16ClN5O2/c20-16-13(18(26)27)5-6-14(25-19(23)24)15(16)11-3-1-10-8-12(17(21)22)4-2-9(10)7-11/h1-8H,(H3,21,22)(H,26,27)(H4,23,24,25). The second kappa shape index (κ2) is 6.97. The van der Waals surface area contributed by atoms with Crippen LogP contribution in [0.2, 0.25) is 5.02 Å². The van der Waals surface area contributed by atoms with Gasteiger partial charge in [-0.1, -0.05) is 35.9 Å². The third-order valence-electron chi connectivity index (χ3n) is 4.04. The highest BCUT2D eigenvalue weighted by Gasteiger charge is 2.18. The van der Waals surface area contributed by atoms with E-state index in [1.165, 1.54) is 12.1 Å². The van der Waals surface area contributed by atoms with Crippen molar-refractivity contribution in [2.45, 2.75) is 0 Å². The molecular formula is C19H16ClN5O2. The van der Waals surface area contributed by atoms with Crippen LogP contribution in [0.4, 0.5) is 5.69 Å². The fraction of sp³-hybridized carbons (Fsp3) is 0. The van der Waals surface area contributed by atoms with Crippen LogP contribution in [-0.4, -0.2) is 22.9 Å². The van der Waals surface area contributed by atoms with Crippen molar-refractivity contribution in [2.75, 3.05) is 0 Å². The van der Waals surface area contributed by atoms with Crippen LogP contribution >= 0.6 is 11.6 Å². The third-order valence-corrected chi connectivity index (χ3v) is 4.43. The van der Waals surface area contributed by atoms with E-state index in [-0.39, 0.29) is 22.4 Å². The van der Waals surface area contributed by atoms with Crippen LogP contribution in [0.25, 0.3) is 21.9 Å². The number of halogens is 1. The molecule has 0 aliphatic carbocycles. The Kier molecular flexibility index (Phi) is 4.70. The number of aromatic carboxylic acids is 1. The molecule has 0 saturated carbocycles. The number of carbonyl (C=O) groups is 1. The quantitative estimate of drug-likeness (QED) is 0.347. The molecule has 8 N–H and O–H groups in total. The average molecular weight is 382 g/mol. The number of fused-ring (bicyclic) bond motifs is 1. The summed E-state index contributed by atoms with van der Waals surface area (Å²) in [4.78, 5) is 15.5. The molecule has 3 aromatic carbocycles. The van der Waals surface area contributed by atoms with E-state index in [9.17, 15) is 9.90 Å². The molecule has 0 aliphatic heterocycles. The summed E-state index contributed by atoms with van der Waals surface area (Å²) in [5, 5.41) is 18.7. The van der Waals surface area contributed by atoms with Crippen molar-refractivity contribution in [3.8, 4) is 11.1 Å². The van der Waals surface area contributed by atoms with Gasteiger partial charge in [-0.25, -0.2) is 9.79 Å². The van der Waals surface area contributed by atoms with Crippen molar-refractivity contribution in [1.82, 2.24) is 0 Å². The smallest absolute Gasteiger partial charge is 0.337 e. The molecule has 0 unspecified atom stereocenters. The number of hydrogen-bond acceptors (Lipinski definition) is 3. The molecule has 0 aromatic heterocycles. The minimum absolute atomic E-state index is 0.0202. The lowest BCUT2D eigenvalue weighted by molar-refractivity contribution is 0.0697. The van der Waals surface area contributed by atoms with Gasteiger partial charge in [0.25, 0.3) is 0 Å². The Morgan fingerprint density at radius 1 is 1.00 bits per heavy atom. The van der Waals surface area contributed by atoms with E-state index in [1.807, 2.05) is 18.2 Å². The molecule has 136 valence electrons. The third kappa shape index (κ3) is 3.54. The van der Waals surface area contributed by atoms with Gasteiger partial charge in [-0.05, 0) is 40.6 Å². The molecule has 0 aliphatic rings. The van der Waals surface area contributed by atoms with Crippen LogP contribution < -0.4 is 17.2 Å². The highest BCUT2D eigenvalue weighted by atomic mass is 35.5. The molecule has 0 fully saturated rings. The van der Waals surface area contributed by atoms with Gasteiger partial charge in [0.1, 0.15) is 5.84 Å². The summed E-state index contributed by atoms with van der Waals surface area (Å²) < 4.78 is 0. The molecule has 0 radical (unpaired) electrons. The summed E-state index contributed by atoms with van der Waals surface area (Å²) in [5.41, 5.74) is 18.5.